The minimum Gasteiger partial charge on any atom is -0.468 e. The fourth-order valence-electron chi connectivity index (χ4n) is 2.48. The summed E-state index contributed by atoms with van der Waals surface area (Å²) < 4.78 is 20.0. The summed E-state index contributed by atoms with van der Waals surface area (Å²) in [5.41, 5.74) is 0.529. The maximum Gasteiger partial charge on any atom is 0.325 e. The Morgan fingerprint density at radius 3 is 2.62 bits per heavy atom. The van der Waals surface area contributed by atoms with Crippen LogP contribution in [0.2, 0.25) is 10.0 Å². The molecule has 0 saturated carbocycles. The lowest BCUT2D eigenvalue weighted by Gasteiger charge is -2.06. The van der Waals surface area contributed by atoms with Crippen molar-refractivity contribution in [1.29, 1.82) is 0 Å². The van der Waals surface area contributed by atoms with Gasteiger partial charge in [0.25, 0.3) is 0 Å². The first-order valence-corrected chi connectivity index (χ1v) is 10.9. The van der Waals surface area contributed by atoms with Crippen molar-refractivity contribution in [3.63, 3.8) is 0 Å². The fraction of sp³-hybridized carbons (Fsp3) is 0.211. The lowest BCUT2D eigenvalue weighted by molar-refractivity contribution is -0.141. The van der Waals surface area contributed by atoms with Gasteiger partial charge in [0.15, 0.2) is 4.80 Å². The van der Waals surface area contributed by atoms with Gasteiger partial charge in [-0.25, -0.2) is 4.39 Å². The summed E-state index contributed by atoms with van der Waals surface area (Å²) in [6, 6.07) is 9.46. The highest BCUT2D eigenvalue weighted by Crippen LogP contribution is 2.32. The molecular weight excluding hydrogens is 458 g/mol. The number of carbonyl (C=O) groups excluding carboxylic acids is 2. The Morgan fingerprint density at radius 2 is 1.93 bits per heavy atom. The molecule has 0 N–H and O–H groups in total. The molecule has 0 bridgehead atoms. The highest BCUT2D eigenvalue weighted by Gasteiger charge is 2.16. The van der Waals surface area contributed by atoms with Crippen LogP contribution in [0.1, 0.15) is 6.42 Å². The molecule has 152 valence electrons. The molecule has 2 aromatic carbocycles. The number of benzene rings is 2. The number of hydrogen-bond donors (Lipinski definition) is 0. The number of esters is 1. The van der Waals surface area contributed by atoms with Crippen molar-refractivity contribution in [1.82, 2.24) is 4.57 Å². The molecule has 5 nitrogen and oxygen atoms in total. The van der Waals surface area contributed by atoms with Gasteiger partial charge in [0.05, 0.1) is 27.4 Å². The number of aromatic nitrogens is 1. The molecule has 3 aromatic rings. The Kier molecular flexibility index (Phi) is 7.34. The molecule has 3 rings (SSSR count). The van der Waals surface area contributed by atoms with Crippen LogP contribution < -0.4 is 4.80 Å². The molecule has 10 heteroatoms. The molecule has 29 heavy (non-hydrogen) atoms. The maximum atomic E-state index is 12.9. The van der Waals surface area contributed by atoms with E-state index in [0.29, 0.717) is 21.1 Å². The van der Waals surface area contributed by atoms with E-state index in [9.17, 15) is 14.0 Å². The number of thiazole rings is 1. The van der Waals surface area contributed by atoms with Crippen molar-refractivity contribution in [3.8, 4) is 0 Å². The maximum absolute atomic E-state index is 12.9. The van der Waals surface area contributed by atoms with Crippen LogP contribution in [0.3, 0.4) is 0 Å². The molecule has 0 spiro atoms. The third-order valence-electron chi connectivity index (χ3n) is 3.87. The average molecular weight is 473 g/mol. The van der Waals surface area contributed by atoms with E-state index in [0.717, 1.165) is 9.60 Å². The van der Waals surface area contributed by atoms with E-state index in [4.69, 9.17) is 27.9 Å². The number of rotatable bonds is 6. The van der Waals surface area contributed by atoms with Crippen LogP contribution >= 0.6 is 46.3 Å². The van der Waals surface area contributed by atoms with Gasteiger partial charge < -0.3 is 9.30 Å². The predicted molar refractivity (Wildman–Crippen MR) is 114 cm³/mol. The first-order chi connectivity index (χ1) is 13.9. The molecule has 1 heterocycles. The van der Waals surface area contributed by atoms with E-state index in [1.807, 2.05) is 0 Å². The molecule has 0 aliphatic carbocycles. The second-order valence-electron chi connectivity index (χ2n) is 5.81. The second-order valence-corrected chi connectivity index (χ2v) is 8.78. The van der Waals surface area contributed by atoms with Crippen molar-refractivity contribution in [2.45, 2.75) is 17.9 Å². The van der Waals surface area contributed by atoms with Gasteiger partial charge in [-0.15, -0.1) is 11.8 Å². The minimum absolute atomic E-state index is 0.146. The summed E-state index contributed by atoms with van der Waals surface area (Å²) in [4.78, 5) is 29.6. The second kappa shape index (κ2) is 9.75. The number of hydrogen-bond acceptors (Lipinski definition) is 5. The minimum atomic E-state index is -0.499. The zero-order chi connectivity index (χ0) is 21.0. The number of fused-ring (bicyclic) bond motifs is 1. The van der Waals surface area contributed by atoms with E-state index in [-0.39, 0.29) is 29.7 Å². The summed E-state index contributed by atoms with van der Waals surface area (Å²) in [6.07, 6.45) is 0.184. The van der Waals surface area contributed by atoms with Gasteiger partial charge in [-0.3, -0.25) is 9.59 Å². The third kappa shape index (κ3) is 5.39. The average Bonchev–Trinajstić information content (AvgIpc) is 3.03. The van der Waals surface area contributed by atoms with E-state index in [1.54, 1.807) is 24.3 Å². The van der Waals surface area contributed by atoms with Crippen molar-refractivity contribution < 1.29 is 18.7 Å². The molecule has 0 aliphatic heterocycles. The molecule has 0 unspecified atom stereocenters. The number of ether oxygens (including phenoxy) is 1. The van der Waals surface area contributed by atoms with Crippen LogP contribution in [0.25, 0.3) is 10.2 Å². The fourth-order valence-corrected chi connectivity index (χ4v) is 4.85. The van der Waals surface area contributed by atoms with Gasteiger partial charge in [-0.05, 0) is 36.4 Å². The smallest absolute Gasteiger partial charge is 0.325 e. The Bertz CT molecular complexity index is 1130. The van der Waals surface area contributed by atoms with Gasteiger partial charge in [0, 0.05) is 17.1 Å². The van der Waals surface area contributed by atoms with Crippen molar-refractivity contribution in [2.24, 2.45) is 4.99 Å². The quantitative estimate of drug-likeness (QED) is 0.376. The van der Waals surface area contributed by atoms with E-state index in [2.05, 4.69) is 4.99 Å². The van der Waals surface area contributed by atoms with E-state index in [1.165, 1.54) is 46.9 Å². The van der Waals surface area contributed by atoms with Crippen molar-refractivity contribution >= 4 is 68.4 Å². The molecular formula is C19H15Cl2FN2O3S2. The van der Waals surface area contributed by atoms with Crippen molar-refractivity contribution in [3.05, 3.63) is 57.1 Å². The SMILES string of the molecule is COC(=O)Cn1c(=NC(=O)CCSc2ccc(F)cc2)sc2ccc(Cl)c(Cl)c21. The number of carbonyl (C=O) groups is 2. The normalized spacial score (nSPS) is 11.8. The highest BCUT2D eigenvalue weighted by atomic mass is 35.5. The van der Waals surface area contributed by atoms with E-state index < -0.39 is 5.97 Å². The summed E-state index contributed by atoms with van der Waals surface area (Å²) in [6.45, 7) is -0.146. The van der Waals surface area contributed by atoms with Crippen LogP contribution in [0, 0.1) is 5.82 Å². The monoisotopic (exact) mass is 472 g/mol. The van der Waals surface area contributed by atoms with Crippen LogP contribution in [0.15, 0.2) is 46.3 Å². The summed E-state index contributed by atoms with van der Waals surface area (Å²) in [5, 5.41) is 0.620. The number of halogens is 3. The number of amides is 1. The Hall–Kier alpha value is -1.87. The molecule has 0 radical (unpaired) electrons. The highest BCUT2D eigenvalue weighted by molar-refractivity contribution is 7.99. The first-order valence-electron chi connectivity index (χ1n) is 8.39. The summed E-state index contributed by atoms with van der Waals surface area (Å²) >= 11 is 15.1. The molecule has 0 aliphatic rings. The van der Waals surface area contributed by atoms with Crippen molar-refractivity contribution in [2.75, 3.05) is 12.9 Å². The number of thioether (sulfide) groups is 1. The molecule has 0 fully saturated rings. The Labute approximate surface area is 184 Å². The lowest BCUT2D eigenvalue weighted by Crippen LogP contribution is -2.22. The first kappa shape index (κ1) is 21.8. The largest absolute Gasteiger partial charge is 0.468 e. The summed E-state index contributed by atoms with van der Waals surface area (Å²) in [7, 11) is 1.28. The lowest BCUT2D eigenvalue weighted by atomic mass is 10.3. The molecule has 0 atom stereocenters. The Balaban J connectivity index is 1.84. The predicted octanol–water partition coefficient (Wildman–Crippen LogP) is 4.93. The zero-order valence-corrected chi connectivity index (χ0v) is 18.3. The molecule has 1 aromatic heterocycles. The van der Waals surface area contributed by atoms with Gasteiger partial charge in [-0.1, -0.05) is 34.5 Å². The standard InChI is InChI=1S/C19H15Cl2FN2O3S2/c1-27-16(26)10-24-18-14(7-6-13(20)17(18)21)29-19(24)23-15(25)8-9-28-12-4-2-11(22)3-5-12/h2-7H,8-10H2,1H3. The van der Waals surface area contributed by atoms with Gasteiger partial charge in [0.1, 0.15) is 12.4 Å². The van der Waals surface area contributed by atoms with E-state index >= 15 is 0 Å². The van der Waals surface area contributed by atoms with Crippen LogP contribution in [0.5, 0.6) is 0 Å². The third-order valence-corrected chi connectivity index (χ3v) is 6.72. The van der Waals surface area contributed by atoms with Crippen LogP contribution in [-0.2, 0) is 20.9 Å². The molecule has 0 saturated heterocycles. The van der Waals surface area contributed by atoms with Gasteiger partial charge in [-0.2, -0.15) is 4.99 Å². The van der Waals surface area contributed by atoms with Crippen LogP contribution in [0.4, 0.5) is 4.39 Å². The topological polar surface area (TPSA) is 60.7 Å². The number of nitrogens with zero attached hydrogens (tertiary/aromatic N) is 2. The van der Waals surface area contributed by atoms with Gasteiger partial charge in [0.2, 0.25) is 5.91 Å². The zero-order valence-electron chi connectivity index (χ0n) is 15.2. The summed E-state index contributed by atoms with van der Waals surface area (Å²) in [5.74, 6) is -0.657. The number of methoxy groups -OCH3 is 1. The van der Waals surface area contributed by atoms with Gasteiger partial charge >= 0.3 is 5.97 Å². The Morgan fingerprint density at radius 1 is 1.21 bits per heavy atom. The van der Waals surface area contributed by atoms with Crippen LogP contribution in [-0.4, -0.2) is 29.3 Å². The molecule has 1 amide bonds.